The number of hydrogen-bond donors (Lipinski definition) is 2. The number of fused-ring (bicyclic) bond motifs is 8. The number of nitrogens with zero attached hydrogens (tertiary/aromatic N) is 2. The third-order valence-corrected chi connectivity index (χ3v) is 13.9. The van der Waals surface area contributed by atoms with Crippen LogP contribution in [-0.2, 0) is 20.0 Å². The van der Waals surface area contributed by atoms with Gasteiger partial charge in [0, 0.05) is 68.0 Å². The molecule has 0 spiro atoms. The molecule has 8 bridgehead atoms. The van der Waals surface area contributed by atoms with Gasteiger partial charge < -0.3 is 19.4 Å². The van der Waals surface area contributed by atoms with Gasteiger partial charge in [-0.3, -0.25) is 4.79 Å². The van der Waals surface area contributed by atoms with Gasteiger partial charge in [0.15, 0.2) is 11.4 Å². The number of thioether (sulfide) groups is 1. The third kappa shape index (κ3) is 8.66. The molecule has 336 valence electrons. The maximum absolute atomic E-state index is 11.9. The number of ether oxygens (including phenoxy) is 2. The number of aromatic nitrogens is 4. The Kier molecular flexibility index (Phi) is 11.6. The molecule has 0 radical (unpaired) electrons. The van der Waals surface area contributed by atoms with Crippen LogP contribution in [0, 0.1) is 47.0 Å². The Bertz CT molecular complexity index is 3260. The molecule has 6 heterocycles. The van der Waals surface area contributed by atoms with Crippen LogP contribution in [0.5, 0.6) is 0 Å². The summed E-state index contributed by atoms with van der Waals surface area (Å²) < 4.78 is 12.4. The molecule has 3 aliphatic heterocycles. The quantitative estimate of drug-likeness (QED) is 0.166. The first-order chi connectivity index (χ1) is 32.2. The van der Waals surface area contributed by atoms with E-state index in [1.165, 1.54) is 45.1 Å². The van der Waals surface area contributed by atoms with E-state index in [1.54, 1.807) is 6.92 Å². The largest absolute Gasteiger partial charge is 0.354 e. The number of benzene rings is 4. The lowest BCUT2D eigenvalue weighted by molar-refractivity contribution is -0.226. The number of aryl methyl sites for hydroxylation is 6. The molecule has 3 aliphatic rings. The zero-order valence-corrected chi connectivity index (χ0v) is 40.6. The van der Waals surface area contributed by atoms with E-state index >= 15 is 0 Å². The van der Waals surface area contributed by atoms with Gasteiger partial charge in [-0.05, 0) is 140 Å². The van der Waals surface area contributed by atoms with Crippen molar-refractivity contribution in [3.63, 3.8) is 0 Å². The van der Waals surface area contributed by atoms with E-state index in [2.05, 4.69) is 187 Å². The predicted octanol–water partition coefficient (Wildman–Crippen LogP) is 15.0. The lowest BCUT2D eigenvalue weighted by Gasteiger charge is -2.34. The van der Waals surface area contributed by atoms with Crippen LogP contribution < -0.4 is 0 Å². The van der Waals surface area contributed by atoms with Crippen LogP contribution in [0.1, 0.15) is 94.3 Å². The van der Waals surface area contributed by atoms with E-state index in [-0.39, 0.29) is 10.5 Å². The van der Waals surface area contributed by atoms with Gasteiger partial charge in [0.2, 0.25) is 0 Å². The monoisotopic (exact) mass is 900 g/mol. The number of carbonyl (C=O) groups excluding carboxylic acids is 1. The maximum Gasteiger partial charge on any atom is 0.186 e. The third-order valence-electron chi connectivity index (χ3n) is 13.0. The second kappa shape index (κ2) is 17.6. The first-order valence-corrected chi connectivity index (χ1v) is 24.1. The summed E-state index contributed by atoms with van der Waals surface area (Å²) in [7, 11) is 0. The number of aromatic amines is 2. The van der Waals surface area contributed by atoms with E-state index in [9.17, 15) is 4.79 Å². The van der Waals surface area contributed by atoms with Crippen molar-refractivity contribution in [2.24, 2.45) is 5.41 Å². The Labute approximate surface area is 397 Å². The van der Waals surface area contributed by atoms with Gasteiger partial charge in [0.05, 0.1) is 36.0 Å². The summed E-state index contributed by atoms with van der Waals surface area (Å²) >= 11 is 1.32. The van der Waals surface area contributed by atoms with Crippen molar-refractivity contribution >= 4 is 63.2 Å². The van der Waals surface area contributed by atoms with E-state index in [1.807, 2.05) is 0 Å². The van der Waals surface area contributed by atoms with Crippen LogP contribution in [0.25, 0.3) is 90.9 Å². The summed E-state index contributed by atoms with van der Waals surface area (Å²) in [6.45, 7) is 20.3. The molecule has 8 heteroatoms. The summed E-state index contributed by atoms with van der Waals surface area (Å²) in [6.07, 6.45) is 8.21. The molecule has 7 nitrogen and oxygen atoms in total. The molecule has 4 aromatic carbocycles. The van der Waals surface area contributed by atoms with E-state index < -0.39 is 6.29 Å². The summed E-state index contributed by atoms with van der Waals surface area (Å²) in [5.74, 6) is 0.623. The van der Waals surface area contributed by atoms with Gasteiger partial charge in [-0.2, -0.15) is 0 Å². The molecule has 0 unspecified atom stereocenters. The minimum atomic E-state index is -0.414. The molecule has 0 aliphatic carbocycles. The van der Waals surface area contributed by atoms with Gasteiger partial charge in [0.1, 0.15) is 0 Å². The minimum absolute atomic E-state index is 0.0228. The highest BCUT2D eigenvalue weighted by atomic mass is 32.2. The molecule has 10 rings (SSSR count). The van der Waals surface area contributed by atoms with Crippen LogP contribution >= 0.6 is 11.8 Å². The topological polar surface area (TPSA) is 92.9 Å². The molecular formula is C59H56N4O3S. The van der Waals surface area contributed by atoms with Gasteiger partial charge in [0.25, 0.3) is 0 Å². The van der Waals surface area contributed by atoms with Gasteiger partial charge in [-0.15, -0.1) is 0 Å². The molecule has 0 saturated carbocycles. The maximum atomic E-state index is 11.9. The Hall–Kier alpha value is -6.58. The van der Waals surface area contributed by atoms with E-state index in [0.717, 1.165) is 100 Å². The second-order valence-corrected chi connectivity index (χ2v) is 20.4. The Morgan fingerprint density at radius 3 is 1.33 bits per heavy atom. The number of H-pyrrole nitrogens is 2. The lowest BCUT2D eigenvalue weighted by atomic mass is 9.92. The van der Waals surface area contributed by atoms with Gasteiger partial charge in [-0.25, -0.2) is 9.97 Å². The fourth-order valence-corrected chi connectivity index (χ4v) is 10.7. The molecule has 3 aromatic heterocycles. The Morgan fingerprint density at radius 2 is 0.925 bits per heavy atom. The van der Waals surface area contributed by atoms with Crippen molar-refractivity contribution in [3.8, 4) is 44.5 Å². The van der Waals surface area contributed by atoms with Crippen LogP contribution in [0.4, 0.5) is 0 Å². The van der Waals surface area contributed by atoms with Crippen molar-refractivity contribution in [1.82, 2.24) is 19.9 Å². The average molecular weight is 901 g/mol. The van der Waals surface area contributed by atoms with E-state index in [0.29, 0.717) is 19.0 Å². The molecule has 0 atom stereocenters. The van der Waals surface area contributed by atoms with E-state index in [4.69, 9.17) is 19.4 Å². The fourth-order valence-electron chi connectivity index (χ4n) is 10.1. The summed E-state index contributed by atoms with van der Waals surface area (Å²) in [4.78, 5) is 30.9. The van der Waals surface area contributed by atoms with Crippen LogP contribution in [0.15, 0.2) is 97.1 Å². The van der Waals surface area contributed by atoms with Crippen LogP contribution in [-0.4, -0.2) is 38.3 Å². The Morgan fingerprint density at radius 1 is 0.552 bits per heavy atom. The highest BCUT2D eigenvalue weighted by Crippen LogP contribution is 2.42. The highest BCUT2D eigenvalue weighted by molar-refractivity contribution is 8.12. The van der Waals surface area contributed by atoms with Gasteiger partial charge in [-0.1, -0.05) is 110 Å². The SMILES string of the molecule is CC(=O)SCc1ccc(-c2c3nc(c(-c4c(C)cc(C)cc4C)c4ccc([nH]4)c(-c4ccc(C5OCC(C)(C)CO5)cc4)c4nc(c(-c5c(C)cc(C)cc5C)c5ccc2[nH]5)C=C4)C=C3)cc1. The van der Waals surface area contributed by atoms with Crippen LogP contribution in [0.3, 0.4) is 0 Å². The average Bonchev–Trinajstić information content (AvgIpc) is 4.13. The zero-order chi connectivity index (χ0) is 46.7. The molecule has 0 amide bonds. The number of nitrogens with one attached hydrogen (secondary N) is 2. The summed E-state index contributed by atoms with van der Waals surface area (Å²) in [6, 6.07) is 34.9. The van der Waals surface area contributed by atoms with Crippen molar-refractivity contribution in [3.05, 3.63) is 164 Å². The first kappa shape index (κ1) is 44.3. The normalized spacial score (nSPS) is 14.5. The predicted molar refractivity (Wildman–Crippen MR) is 279 cm³/mol. The highest BCUT2D eigenvalue weighted by Gasteiger charge is 2.29. The summed E-state index contributed by atoms with van der Waals surface area (Å²) in [5.41, 5.74) is 24.9. The number of rotatable bonds is 7. The second-order valence-electron chi connectivity index (χ2n) is 19.3. The van der Waals surface area contributed by atoms with Crippen molar-refractivity contribution in [2.45, 2.75) is 74.4 Å². The zero-order valence-electron chi connectivity index (χ0n) is 39.8. The van der Waals surface area contributed by atoms with Crippen molar-refractivity contribution in [1.29, 1.82) is 0 Å². The molecular weight excluding hydrogens is 845 g/mol. The first-order valence-electron chi connectivity index (χ1n) is 23.1. The van der Waals surface area contributed by atoms with Crippen molar-refractivity contribution in [2.75, 3.05) is 13.2 Å². The smallest absolute Gasteiger partial charge is 0.186 e. The minimum Gasteiger partial charge on any atom is -0.354 e. The molecule has 67 heavy (non-hydrogen) atoms. The van der Waals surface area contributed by atoms with Crippen LogP contribution in [0.2, 0.25) is 0 Å². The molecule has 1 fully saturated rings. The van der Waals surface area contributed by atoms with Gasteiger partial charge >= 0.3 is 0 Å². The molecule has 2 N–H and O–H groups in total. The lowest BCUT2D eigenvalue weighted by Crippen LogP contribution is -2.33. The Balaban J connectivity index is 1.30. The number of carbonyl (C=O) groups is 1. The molecule has 7 aromatic rings. The standard InChI is InChI=1S/C59H56N4O3S/c1-33-26-35(3)52(36(4)27-33)56-48-22-18-44(60-48)54(41-12-10-40(11-13-41)30-67-39(7)64)45-19-23-49(61-45)57(53-37(5)28-34(2)29-38(53)6)51-25-21-47(63-51)55(46-20-24-50(56)62-46)42-14-16-43(17-15-42)58-65-31-59(8,9)32-66-58/h10-29,58,60,63H,30-32H2,1-9H3. The summed E-state index contributed by atoms with van der Waals surface area (Å²) in [5, 5.41) is 0.106. The number of hydrogen-bond acceptors (Lipinski definition) is 6. The fraction of sp³-hybridized carbons (Fsp3) is 0.237. The molecule has 1 saturated heterocycles. The van der Waals surface area contributed by atoms with Crippen molar-refractivity contribution < 1.29 is 14.3 Å².